The highest BCUT2D eigenvalue weighted by Gasteiger charge is 2.39. The van der Waals surface area contributed by atoms with Crippen molar-refractivity contribution in [3.63, 3.8) is 0 Å². The van der Waals surface area contributed by atoms with Crippen LogP contribution in [0.4, 0.5) is 0 Å². The second-order valence-corrected chi connectivity index (χ2v) is 6.35. The van der Waals surface area contributed by atoms with Gasteiger partial charge in [-0.1, -0.05) is 12.1 Å². The summed E-state index contributed by atoms with van der Waals surface area (Å²) >= 11 is 0. The maximum absolute atomic E-state index is 12.5. The third-order valence-electron chi connectivity index (χ3n) is 3.14. The minimum absolute atomic E-state index is 0.0779. The maximum Gasteiger partial charge on any atom is 0.339 e. The number of benzene rings is 1. The third-order valence-corrected chi connectivity index (χ3v) is 5.03. The SMILES string of the molecule is COC(=O)c1ccccc1S(=O)(=O)N1C[C@@H](O)[C@@H](O)C1. The number of hydrogen-bond donors (Lipinski definition) is 2. The van der Waals surface area contributed by atoms with E-state index in [-0.39, 0.29) is 23.5 Å². The van der Waals surface area contributed by atoms with Crippen molar-refractivity contribution in [1.29, 1.82) is 0 Å². The van der Waals surface area contributed by atoms with Crippen LogP contribution in [0.1, 0.15) is 10.4 Å². The molecule has 7 nitrogen and oxygen atoms in total. The molecule has 1 saturated heterocycles. The Hall–Kier alpha value is -1.48. The Morgan fingerprint density at radius 2 is 1.80 bits per heavy atom. The molecule has 2 N–H and O–H groups in total. The molecule has 1 fully saturated rings. The molecule has 1 aromatic carbocycles. The van der Waals surface area contributed by atoms with Crippen LogP contribution < -0.4 is 0 Å². The summed E-state index contributed by atoms with van der Waals surface area (Å²) in [5, 5.41) is 18.9. The number of carbonyl (C=O) groups is 1. The lowest BCUT2D eigenvalue weighted by Gasteiger charge is -2.17. The summed E-state index contributed by atoms with van der Waals surface area (Å²) in [7, 11) is -2.82. The van der Waals surface area contributed by atoms with Crippen molar-refractivity contribution in [3.05, 3.63) is 29.8 Å². The largest absolute Gasteiger partial charge is 0.465 e. The Morgan fingerprint density at radius 1 is 1.25 bits per heavy atom. The number of aliphatic hydroxyl groups is 2. The molecule has 1 heterocycles. The van der Waals surface area contributed by atoms with Gasteiger partial charge in [-0.15, -0.1) is 0 Å². The average Bonchev–Trinajstić information content (AvgIpc) is 2.78. The monoisotopic (exact) mass is 301 g/mol. The first-order chi connectivity index (χ1) is 9.37. The van der Waals surface area contributed by atoms with E-state index in [9.17, 15) is 23.4 Å². The molecule has 0 saturated carbocycles. The van der Waals surface area contributed by atoms with E-state index in [4.69, 9.17) is 0 Å². The van der Waals surface area contributed by atoms with Crippen LogP contribution in [0, 0.1) is 0 Å². The molecule has 0 radical (unpaired) electrons. The number of methoxy groups -OCH3 is 1. The summed E-state index contributed by atoms with van der Waals surface area (Å²) in [5.74, 6) is -0.760. The van der Waals surface area contributed by atoms with Crippen molar-refractivity contribution in [3.8, 4) is 0 Å². The van der Waals surface area contributed by atoms with Crippen molar-refractivity contribution in [2.75, 3.05) is 20.2 Å². The van der Waals surface area contributed by atoms with Gasteiger partial charge < -0.3 is 14.9 Å². The zero-order valence-electron chi connectivity index (χ0n) is 10.8. The number of rotatable bonds is 3. The van der Waals surface area contributed by atoms with Crippen molar-refractivity contribution >= 4 is 16.0 Å². The topological polar surface area (TPSA) is 104 Å². The molecule has 1 aromatic rings. The van der Waals surface area contributed by atoms with Gasteiger partial charge in [0.2, 0.25) is 10.0 Å². The standard InChI is InChI=1S/C12H15NO6S/c1-19-12(16)8-4-2-3-5-11(8)20(17,18)13-6-9(14)10(15)7-13/h2-5,9-10,14-15H,6-7H2,1H3/t9-,10+. The van der Waals surface area contributed by atoms with Gasteiger partial charge in [-0.25, -0.2) is 13.2 Å². The number of hydrogen-bond acceptors (Lipinski definition) is 6. The van der Waals surface area contributed by atoms with Gasteiger partial charge in [0.15, 0.2) is 0 Å². The molecule has 0 amide bonds. The number of ether oxygens (including phenoxy) is 1. The van der Waals surface area contributed by atoms with E-state index in [0.717, 1.165) is 11.4 Å². The summed E-state index contributed by atoms with van der Waals surface area (Å²) in [4.78, 5) is 11.4. The van der Waals surface area contributed by atoms with Crippen LogP contribution >= 0.6 is 0 Å². The van der Waals surface area contributed by atoms with Crippen LogP contribution in [0.25, 0.3) is 0 Å². The van der Waals surface area contributed by atoms with Gasteiger partial charge in [0, 0.05) is 13.1 Å². The van der Waals surface area contributed by atoms with Gasteiger partial charge in [0.25, 0.3) is 0 Å². The smallest absolute Gasteiger partial charge is 0.339 e. The van der Waals surface area contributed by atoms with Crippen molar-refractivity contribution < 1.29 is 28.2 Å². The van der Waals surface area contributed by atoms with Crippen LogP contribution in [0.15, 0.2) is 29.2 Å². The van der Waals surface area contributed by atoms with Gasteiger partial charge in [0.05, 0.1) is 29.8 Å². The zero-order valence-corrected chi connectivity index (χ0v) is 11.6. The molecule has 2 atom stereocenters. The maximum atomic E-state index is 12.5. The van der Waals surface area contributed by atoms with Crippen LogP contribution in [-0.2, 0) is 14.8 Å². The third kappa shape index (κ3) is 2.55. The number of esters is 1. The summed E-state index contributed by atoms with van der Waals surface area (Å²) in [5.41, 5.74) is -0.0779. The Bertz CT molecular complexity index is 604. The average molecular weight is 301 g/mol. The fourth-order valence-electron chi connectivity index (χ4n) is 2.04. The summed E-state index contributed by atoms with van der Waals surface area (Å²) < 4.78 is 30.4. The molecule has 110 valence electrons. The first-order valence-electron chi connectivity index (χ1n) is 5.91. The Kier molecular flexibility index (Phi) is 4.09. The first-order valence-corrected chi connectivity index (χ1v) is 7.35. The highest BCUT2D eigenvalue weighted by molar-refractivity contribution is 7.89. The highest BCUT2D eigenvalue weighted by Crippen LogP contribution is 2.24. The number of β-amino-alcohol motifs (C(OH)–C–C–N with tert-alkyl or cyclic N) is 2. The van der Waals surface area contributed by atoms with Gasteiger partial charge in [-0.2, -0.15) is 4.31 Å². The minimum Gasteiger partial charge on any atom is -0.465 e. The van der Waals surface area contributed by atoms with E-state index < -0.39 is 28.2 Å². The Labute approximate surface area is 116 Å². The van der Waals surface area contributed by atoms with Gasteiger partial charge in [0.1, 0.15) is 0 Å². The van der Waals surface area contributed by atoms with Crippen molar-refractivity contribution in [2.24, 2.45) is 0 Å². The molecule has 1 aliphatic heterocycles. The van der Waals surface area contributed by atoms with Gasteiger partial charge in [-0.3, -0.25) is 0 Å². The quantitative estimate of drug-likeness (QED) is 0.708. The van der Waals surface area contributed by atoms with Gasteiger partial charge >= 0.3 is 5.97 Å². The van der Waals surface area contributed by atoms with E-state index in [1.165, 1.54) is 24.3 Å². The molecule has 8 heteroatoms. The lowest BCUT2D eigenvalue weighted by Crippen LogP contribution is -2.31. The fourth-order valence-corrected chi connectivity index (χ4v) is 3.70. The van der Waals surface area contributed by atoms with E-state index in [0.29, 0.717) is 0 Å². The van der Waals surface area contributed by atoms with E-state index >= 15 is 0 Å². The molecular weight excluding hydrogens is 286 g/mol. The molecule has 1 aliphatic rings. The normalized spacial score (nSPS) is 23.8. The second kappa shape index (κ2) is 5.49. The van der Waals surface area contributed by atoms with E-state index in [1.807, 2.05) is 0 Å². The summed E-state index contributed by atoms with van der Waals surface area (Å²) in [6, 6.07) is 5.65. The predicted octanol–water partition coefficient (Wildman–Crippen LogP) is -0.801. The van der Waals surface area contributed by atoms with Gasteiger partial charge in [-0.05, 0) is 12.1 Å². The molecule has 2 rings (SSSR count). The molecule has 0 bridgehead atoms. The van der Waals surface area contributed by atoms with Crippen LogP contribution in [0.5, 0.6) is 0 Å². The molecule has 0 spiro atoms. The number of carbonyl (C=O) groups excluding carboxylic acids is 1. The second-order valence-electron chi connectivity index (χ2n) is 4.44. The molecule has 0 unspecified atom stereocenters. The summed E-state index contributed by atoms with van der Waals surface area (Å²) in [6.45, 7) is -0.419. The number of sulfonamides is 1. The Morgan fingerprint density at radius 3 is 2.35 bits per heavy atom. The van der Waals surface area contributed by atoms with E-state index in [2.05, 4.69) is 4.74 Å². The van der Waals surface area contributed by atoms with E-state index in [1.54, 1.807) is 0 Å². The van der Waals surface area contributed by atoms with Crippen molar-refractivity contribution in [2.45, 2.75) is 17.1 Å². The lowest BCUT2D eigenvalue weighted by molar-refractivity contribution is 0.0572. The minimum atomic E-state index is -3.98. The highest BCUT2D eigenvalue weighted by atomic mass is 32.2. The lowest BCUT2D eigenvalue weighted by atomic mass is 10.2. The summed E-state index contributed by atoms with van der Waals surface area (Å²) in [6.07, 6.45) is -2.26. The fraction of sp³-hybridized carbons (Fsp3) is 0.417. The number of nitrogens with zero attached hydrogens (tertiary/aromatic N) is 1. The molecule has 20 heavy (non-hydrogen) atoms. The van der Waals surface area contributed by atoms with Crippen LogP contribution in [0.3, 0.4) is 0 Å². The van der Waals surface area contributed by atoms with Crippen molar-refractivity contribution in [1.82, 2.24) is 4.31 Å². The predicted molar refractivity (Wildman–Crippen MR) is 68.6 cm³/mol. The first kappa shape index (κ1) is 14.9. The zero-order chi connectivity index (χ0) is 14.9. The van der Waals surface area contributed by atoms with Crippen LogP contribution in [0.2, 0.25) is 0 Å². The molecular formula is C12H15NO6S. The Balaban J connectivity index is 2.43. The van der Waals surface area contributed by atoms with Crippen LogP contribution in [-0.4, -0.2) is 61.3 Å². The molecule has 0 aliphatic carbocycles. The number of aliphatic hydroxyl groups excluding tert-OH is 2. The molecule has 0 aromatic heterocycles.